The third-order valence-electron chi connectivity index (χ3n) is 8.07. The highest BCUT2D eigenvalue weighted by molar-refractivity contribution is 6.06. The molecule has 0 saturated carbocycles. The number of unbranched alkanes of at least 4 members (excludes halogenated alkanes) is 2. The number of aryl methyl sites for hydroxylation is 2. The van der Waals surface area contributed by atoms with Crippen molar-refractivity contribution in [1.29, 1.82) is 0 Å². The van der Waals surface area contributed by atoms with E-state index in [1.165, 1.54) is 0 Å². The van der Waals surface area contributed by atoms with E-state index in [9.17, 15) is 19.2 Å². The van der Waals surface area contributed by atoms with E-state index in [-0.39, 0.29) is 31.5 Å². The molecule has 280 valence electrons. The molecule has 16 heteroatoms. The number of anilines is 2. The van der Waals surface area contributed by atoms with Crippen LogP contribution in [-0.2, 0) is 22.5 Å². The van der Waals surface area contributed by atoms with Crippen molar-refractivity contribution in [2.24, 2.45) is 5.73 Å². The highest BCUT2D eigenvalue weighted by atomic mass is 19.1. The second-order valence-corrected chi connectivity index (χ2v) is 13.4. The predicted molar refractivity (Wildman–Crippen MR) is 195 cm³/mol. The number of ether oxygens (including phenoxy) is 1. The van der Waals surface area contributed by atoms with Gasteiger partial charge in [-0.25, -0.2) is 28.3 Å². The summed E-state index contributed by atoms with van der Waals surface area (Å²) in [5.41, 5.74) is 11.8. The van der Waals surface area contributed by atoms with Crippen LogP contribution >= 0.6 is 0 Å². The number of hydrogen-bond donors (Lipinski definition) is 6. The van der Waals surface area contributed by atoms with Gasteiger partial charge >= 0.3 is 12.1 Å². The number of nitrogens with one attached hydrogen (secondary N) is 4. The van der Waals surface area contributed by atoms with Crippen LogP contribution in [0.2, 0.25) is 0 Å². The number of fused-ring (bicyclic) bond motifs is 3. The molecular formula is C36H47F2N9O5. The molecule has 52 heavy (non-hydrogen) atoms. The van der Waals surface area contributed by atoms with E-state index < -0.39 is 52.9 Å². The summed E-state index contributed by atoms with van der Waals surface area (Å²) in [6, 6.07) is 7.35. The number of para-hydroxylation sites is 1. The minimum Gasteiger partial charge on any atom is -0.444 e. The summed E-state index contributed by atoms with van der Waals surface area (Å²) in [6.45, 7) is 7.94. The van der Waals surface area contributed by atoms with Crippen molar-refractivity contribution in [3.05, 3.63) is 59.4 Å². The van der Waals surface area contributed by atoms with Crippen LogP contribution in [0.15, 0.2) is 36.4 Å². The van der Waals surface area contributed by atoms with Crippen LogP contribution in [0.3, 0.4) is 0 Å². The number of imidazole rings is 1. The number of carbonyl (C=O) groups is 4. The number of hydrogen-bond acceptors (Lipinski definition) is 8. The molecule has 0 aliphatic rings. The van der Waals surface area contributed by atoms with E-state index in [1.54, 1.807) is 20.8 Å². The summed E-state index contributed by atoms with van der Waals surface area (Å²) in [5.74, 6) is -2.71. The largest absolute Gasteiger partial charge is 0.444 e. The summed E-state index contributed by atoms with van der Waals surface area (Å²) in [6.07, 6.45) is 3.23. The first-order chi connectivity index (χ1) is 24.7. The Bertz CT molecular complexity index is 1900. The number of amides is 5. The smallest absolute Gasteiger partial charge is 0.408 e. The lowest BCUT2D eigenvalue weighted by molar-refractivity contribution is -0.118. The molecule has 1 unspecified atom stereocenters. The molecule has 2 heterocycles. The zero-order chi connectivity index (χ0) is 38.0. The lowest BCUT2D eigenvalue weighted by atomic mass is 10.1. The number of nitrogens with two attached hydrogens (primary N) is 2. The number of benzene rings is 2. The Morgan fingerprint density at radius 3 is 2.33 bits per heavy atom. The highest BCUT2D eigenvalue weighted by Gasteiger charge is 2.26. The van der Waals surface area contributed by atoms with Gasteiger partial charge in [0, 0.05) is 37.0 Å². The molecule has 4 rings (SSSR count). The first kappa shape index (κ1) is 39.2. The third-order valence-corrected chi connectivity index (χ3v) is 8.07. The maximum absolute atomic E-state index is 15.1. The van der Waals surface area contributed by atoms with Crippen molar-refractivity contribution in [2.45, 2.75) is 90.8 Å². The zero-order valence-corrected chi connectivity index (χ0v) is 29.9. The standard InChI is InChI=1S/C36H47F2N9O5/c1-5-6-15-27-45-29-30(22-12-7-8-13-25(22)43-31(29)39)47(27)18-10-9-16-41-32(48)21-19-23(37)28(24(38)20-21)46-33(49)26(14-11-17-42-34(40)50)44-35(51)52-36(2,3)4/h7-8,12-13,19-20,26H,5-6,9-11,14-18H2,1-4H3,(H2,39,43)(H,41,48)(H,44,51)(H,46,49)(H3,40,42,50). The van der Waals surface area contributed by atoms with Crippen LogP contribution in [0, 0.1) is 11.6 Å². The third kappa shape index (κ3) is 10.5. The summed E-state index contributed by atoms with van der Waals surface area (Å²) in [4.78, 5) is 58.6. The first-order valence-corrected chi connectivity index (χ1v) is 17.3. The molecule has 0 fully saturated rings. The molecule has 2 aromatic carbocycles. The predicted octanol–water partition coefficient (Wildman–Crippen LogP) is 5.28. The number of aromatic nitrogens is 3. The topological polar surface area (TPSA) is 208 Å². The molecule has 0 aliphatic carbocycles. The van der Waals surface area contributed by atoms with Crippen molar-refractivity contribution < 1.29 is 32.7 Å². The van der Waals surface area contributed by atoms with Gasteiger partial charge in [0.25, 0.3) is 5.91 Å². The van der Waals surface area contributed by atoms with Crippen molar-refractivity contribution in [3.8, 4) is 0 Å². The number of nitrogen functional groups attached to an aromatic ring is 1. The molecule has 0 radical (unpaired) electrons. The van der Waals surface area contributed by atoms with Crippen LogP contribution < -0.4 is 32.7 Å². The Kier molecular flexibility index (Phi) is 13.3. The number of nitrogens with zero attached hydrogens (tertiary/aromatic N) is 3. The molecule has 0 bridgehead atoms. The molecule has 0 spiro atoms. The average Bonchev–Trinajstić information content (AvgIpc) is 3.44. The highest BCUT2D eigenvalue weighted by Crippen LogP contribution is 2.30. The van der Waals surface area contributed by atoms with Gasteiger partial charge in [0.05, 0.1) is 11.0 Å². The monoisotopic (exact) mass is 723 g/mol. The Balaban J connectivity index is 1.38. The second kappa shape index (κ2) is 17.6. The quantitative estimate of drug-likeness (QED) is 0.0837. The average molecular weight is 724 g/mol. The molecule has 2 aromatic heterocycles. The number of urea groups is 1. The Morgan fingerprint density at radius 1 is 0.962 bits per heavy atom. The summed E-state index contributed by atoms with van der Waals surface area (Å²) in [5, 5.41) is 10.6. The molecule has 14 nitrogen and oxygen atoms in total. The minimum atomic E-state index is -1.28. The van der Waals surface area contributed by atoms with Gasteiger partial charge < -0.3 is 42.0 Å². The van der Waals surface area contributed by atoms with E-state index in [0.717, 1.165) is 53.6 Å². The maximum atomic E-state index is 15.1. The van der Waals surface area contributed by atoms with Gasteiger partial charge in [-0.3, -0.25) is 9.59 Å². The van der Waals surface area contributed by atoms with E-state index in [0.29, 0.717) is 30.7 Å². The van der Waals surface area contributed by atoms with Crippen LogP contribution in [0.4, 0.5) is 29.9 Å². The normalized spacial score (nSPS) is 12.0. The van der Waals surface area contributed by atoms with E-state index in [1.807, 2.05) is 24.3 Å². The summed E-state index contributed by atoms with van der Waals surface area (Å²) < 4.78 is 37.6. The Hall–Kier alpha value is -5.54. The zero-order valence-electron chi connectivity index (χ0n) is 29.9. The van der Waals surface area contributed by atoms with Crippen LogP contribution in [0.5, 0.6) is 0 Å². The fourth-order valence-corrected chi connectivity index (χ4v) is 5.64. The lowest BCUT2D eigenvalue weighted by Gasteiger charge is -2.23. The molecular weight excluding hydrogens is 676 g/mol. The molecule has 8 N–H and O–H groups in total. The minimum absolute atomic E-state index is 0.0198. The molecule has 1 atom stereocenters. The molecule has 5 amide bonds. The molecule has 0 aliphatic heterocycles. The number of halogens is 2. The van der Waals surface area contributed by atoms with Crippen molar-refractivity contribution in [3.63, 3.8) is 0 Å². The molecule has 0 saturated heterocycles. The van der Waals surface area contributed by atoms with Gasteiger partial charge in [-0.05, 0) is 71.1 Å². The molecule has 4 aromatic rings. The maximum Gasteiger partial charge on any atom is 0.408 e. The van der Waals surface area contributed by atoms with Crippen LogP contribution in [0.1, 0.15) is 82.4 Å². The fraction of sp³-hybridized carbons (Fsp3) is 0.444. The number of alkyl carbamates (subject to hydrolysis) is 1. The van der Waals surface area contributed by atoms with Crippen LogP contribution in [0.25, 0.3) is 21.9 Å². The van der Waals surface area contributed by atoms with Gasteiger partial charge in [0.2, 0.25) is 5.91 Å². The SMILES string of the molecule is CCCCc1nc2c(N)nc3ccccc3c2n1CCCCNC(=O)c1cc(F)c(NC(=O)C(CCCNC(N)=O)NC(=O)OC(C)(C)C)c(F)c1. The fourth-order valence-electron chi connectivity index (χ4n) is 5.64. The van der Waals surface area contributed by atoms with Crippen molar-refractivity contribution in [1.82, 2.24) is 30.5 Å². The summed E-state index contributed by atoms with van der Waals surface area (Å²) in [7, 11) is 0. The lowest BCUT2D eigenvalue weighted by Crippen LogP contribution is -2.46. The Morgan fingerprint density at radius 2 is 1.65 bits per heavy atom. The Labute approximate surface area is 300 Å². The van der Waals surface area contributed by atoms with Crippen LogP contribution in [-0.4, -0.2) is 63.2 Å². The van der Waals surface area contributed by atoms with E-state index in [4.69, 9.17) is 21.2 Å². The first-order valence-electron chi connectivity index (χ1n) is 17.3. The van der Waals surface area contributed by atoms with Gasteiger partial charge in [0.1, 0.15) is 28.7 Å². The van der Waals surface area contributed by atoms with Gasteiger partial charge in [-0.15, -0.1) is 0 Å². The second-order valence-electron chi connectivity index (χ2n) is 13.4. The number of rotatable bonds is 16. The number of pyridine rings is 1. The van der Waals surface area contributed by atoms with Gasteiger partial charge in [0.15, 0.2) is 17.5 Å². The van der Waals surface area contributed by atoms with Gasteiger partial charge in [-0.2, -0.15) is 0 Å². The van der Waals surface area contributed by atoms with Crippen molar-refractivity contribution >= 4 is 57.4 Å². The number of carbonyl (C=O) groups excluding carboxylic acids is 4. The van der Waals surface area contributed by atoms with E-state index >= 15 is 8.78 Å². The summed E-state index contributed by atoms with van der Waals surface area (Å²) >= 11 is 0. The number of primary amides is 1. The van der Waals surface area contributed by atoms with E-state index in [2.05, 4.69) is 37.7 Å². The van der Waals surface area contributed by atoms with Gasteiger partial charge in [-0.1, -0.05) is 31.5 Å². The van der Waals surface area contributed by atoms with Crippen molar-refractivity contribution in [2.75, 3.05) is 24.1 Å².